The van der Waals surface area contributed by atoms with Gasteiger partial charge in [-0.1, -0.05) is 18.2 Å². The molecule has 0 saturated carbocycles. The number of hydrogen-bond donors (Lipinski definition) is 1. The van der Waals surface area contributed by atoms with Gasteiger partial charge in [0.05, 0.1) is 6.04 Å². The number of halogens is 1. The van der Waals surface area contributed by atoms with Crippen molar-refractivity contribution in [2.24, 2.45) is 0 Å². The molecule has 0 aliphatic rings. The van der Waals surface area contributed by atoms with E-state index in [0.717, 1.165) is 9.13 Å². The van der Waals surface area contributed by atoms with Crippen LogP contribution < -0.4 is 5.32 Å². The molecule has 0 aromatic heterocycles. The molecule has 3 heteroatoms. The second-order valence-corrected chi connectivity index (χ2v) is 6.29. The van der Waals surface area contributed by atoms with Crippen LogP contribution in [0, 0.1) is 17.4 Å². The summed E-state index contributed by atoms with van der Waals surface area (Å²) in [5.74, 6) is -0.0351. The van der Waals surface area contributed by atoms with E-state index in [1.165, 1.54) is 11.1 Å². The zero-order valence-electron chi connectivity index (χ0n) is 11.9. The van der Waals surface area contributed by atoms with Gasteiger partial charge >= 0.3 is 0 Å². The Kier molecular flexibility index (Phi) is 4.81. The fraction of sp³-hybridized carbons (Fsp3) is 0.235. The average molecular weight is 379 g/mol. The van der Waals surface area contributed by atoms with Crippen LogP contribution in [0.4, 0.5) is 0 Å². The first-order valence-electron chi connectivity index (χ1n) is 6.61. The molecule has 0 radical (unpaired) electrons. The summed E-state index contributed by atoms with van der Waals surface area (Å²) >= 11 is 2.23. The predicted octanol–water partition coefficient (Wildman–Crippen LogP) is 4.40. The van der Waals surface area contributed by atoms with Gasteiger partial charge in [0.2, 0.25) is 0 Å². The molecule has 0 aliphatic carbocycles. The van der Waals surface area contributed by atoms with Gasteiger partial charge in [-0.15, -0.1) is 0 Å². The summed E-state index contributed by atoms with van der Waals surface area (Å²) in [4.78, 5) is 12.2. The van der Waals surface area contributed by atoms with Crippen molar-refractivity contribution < 1.29 is 4.79 Å². The number of carbonyl (C=O) groups excluding carboxylic acids is 1. The summed E-state index contributed by atoms with van der Waals surface area (Å²) in [6.45, 7) is 6.19. The van der Waals surface area contributed by atoms with E-state index in [2.05, 4.69) is 60.0 Å². The number of nitrogens with one attached hydrogen (secondary N) is 1. The van der Waals surface area contributed by atoms with E-state index < -0.39 is 0 Å². The minimum Gasteiger partial charge on any atom is -0.346 e. The molecule has 2 nitrogen and oxygen atoms in total. The van der Waals surface area contributed by atoms with Crippen molar-refractivity contribution in [3.8, 4) is 0 Å². The van der Waals surface area contributed by atoms with Crippen molar-refractivity contribution in [2.75, 3.05) is 0 Å². The van der Waals surface area contributed by atoms with Crippen molar-refractivity contribution in [3.63, 3.8) is 0 Å². The van der Waals surface area contributed by atoms with Crippen LogP contribution in [0.25, 0.3) is 0 Å². The first-order valence-corrected chi connectivity index (χ1v) is 7.69. The molecule has 0 spiro atoms. The number of hydrogen-bond acceptors (Lipinski definition) is 1. The highest BCUT2D eigenvalue weighted by molar-refractivity contribution is 14.1. The number of benzene rings is 2. The van der Waals surface area contributed by atoms with Crippen LogP contribution in [0.1, 0.15) is 40.0 Å². The Morgan fingerprint density at radius 2 is 1.70 bits per heavy atom. The van der Waals surface area contributed by atoms with Crippen LogP contribution in [0.3, 0.4) is 0 Å². The van der Waals surface area contributed by atoms with Crippen LogP contribution in [-0.4, -0.2) is 5.91 Å². The number of rotatable bonds is 3. The molecule has 2 aromatic rings. The summed E-state index contributed by atoms with van der Waals surface area (Å²) in [6, 6.07) is 13.9. The smallest absolute Gasteiger partial charge is 0.251 e. The number of amides is 1. The van der Waals surface area contributed by atoms with E-state index in [0.29, 0.717) is 5.56 Å². The van der Waals surface area contributed by atoms with Crippen LogP contribution in [0.2, 0.25) is 0 Å². The molecule has 104 valence electrons. The molecular weight excluding hydrogens is 361 g/mol. The Morgan fingerprint density at radius 1 is 1.05 bits per heavy atom. The molecule has 1 unspecified atom stereocenters. The summed E-state index contributed by atoms with van der Waals surface area (Å²) in [5.41, 5.74) is 4.34. The van der Waals surface area contributed by atoms with Gasteiger partial charge < -0.3 is 5.32 Å². The first-order chi connectivity index (χ1) is 9.47. The van der Waals surface area contributed by atoms with E-state index >= 15 is 0 Å². The van der Waals surface area contributed by atoms with Crippen molar-refractivity contribution in [3.05, 3.63) is 68.3 Å². The molecule has 20 heavy (non-hydrogen) atoms. The third kappa shape index (κ3) is 3.60. The van der Waals surface area contributed by atoms with Crippen molar-refractivity contribution >= 4 is 28.5 Å². The molecule has 0 fully saturated rings. The zero-order chi connectivity index (χ0) is 14.7. The van der Waals surface area contributed by atoms with Crippen molar-refractivity contribution in [1.82, 2.24) is 5.32 Å². The molecule has 1 N–H and O–H groups in total. The SMILES string of the molecule is Cc1ccc(C(C)NC(=O)c2ccc(I)cc2)cc1C. The highest BCUT2D eigenvalue weighted by Gasteiger charge is 2.11. The standard InChI is InChI=1S/C17H18INO/c1-11-4-5-15(10-12(11)2)13(3)19-17(20)14-6-8-16(18)9-7-14/h4-10,13H,1-3H3,(H,19,20). The molecule has 0 bridgehead atoms. The topological polar surface area (TPSA) is 29.1 Å². The second kappa shape index (κ2) is 6.39. The minimum absolute atomic E-state index is 0.000998. The maximum atomic E-state index is 12.2. The molecule has 0 aliphatic heterocycles. The monoisotopic (exact) mass is 379 g/mol. The van der Waals surface area contributed by atoms with E-state index in [-0.39, 0.29) is 11.9 Å². The first kappa shape index (κ1) is 15.0. The summed E-state index contributed by atoms with van der Waals surface area (Å²) in [6.07, 6.45) is 0. The lowest BCUT2D eigenvalue weighted by molar-refractivity contribution is 0.0940. The van der Waals surface area contributed by atoms with Crippen molar-refractivity contribution in [1.29, 1.82) is 0 Å². The minimum atomic E-state index is -0.0351. The Bertz CT molecular complexity index is 619. The molecular formula is C17H18INO. The summed E-state index contributed by atoms with van der Waals surface area (Å²) in [7, 11) is 0. The van der Waals surface area contributed by atoms with Crippen molar-refractivity contribution in [2.45, 2.75) is 26.8 Å². The molecule has 0 saturated heterocycles. The van der Waals surface area contributed by atoms with Gasteiger partial charge in [-0.2, -0.15) is 0 Å². The van der Waals surface area contributed by atoms with Gasteiger partial charge in [0.25, 0.3) is 5.91 Å². The number of aryl methyl sites for hydroxylation is 2. The van der Waals surface area contributed by atoms with Gasteiger partial charge in [-0.3, -0.25) is 4.79 Å². The lowest BCUT2D eigenvalue weighted by Gasteiger charge is -2.16. The Morgan fingerprint density at radius 3 is 2.30 bits per heavy atom. The average Bonchev–Trinajstić information content (AvgIpc) is 2.42. The van der Waals surface area contributed by atoms with E-state index in [1.54, 1.807) is 0 Å². The van der Waals surface area contributed by atoms with E-state index in [4.69, 9.17) is 0 Å². The van der Waals surface area contributed by atoms with Crippen LogP contribution in [-0.2, 0) is 0 Å². The zero-order valence-corrected chi connectivity index (χ0v) is 14.1. The fourth-order valence-corrected chi connectivity index (χ4v) is 2.36. The third-order valence-electron chi connectivity index (χ3n) is 3.48. The van der Waals surface area contributed by atoms with Gasteiger partial charge in [0.15, 0.2) is 0 Å². The number of carbonyl (C=O) groups is 1. The Balaban J connectivity index is 2.10. The summed E-state index contributed by atoms with van der Waals surface area (Å²) < 4.78 is 1.13. The maximum Gasteiger partial charge on any atom is 0.251 e. The largest absolute Gasteiger partial charge is 0.346 e. The van der Waals surface area contributed by atoms with Gasteiger partial charge in [-0.05, 0) is 84.3 Å². The lowest BCUT2D eigenvalue weighted by atomic mass is 10.0. The van der Waals surface area contributed by atoms with Gasteiger partial charge in [0, 0.05) is 9.13 Å². The molecule has 2 aromatic carbocycles. The normalized spacial score (nSPS) is 12.0. The lowest BCUT2D eigenvalue weighted by Crippen LogP contribution is -2.26. The third-order valence-corrected chi connectivity index (χ3v) is 4.20. The molecule has 2 rings (SSSR count). The Labute approximate surface area is 133 Å². The van der Waals surface area contributed by atoms with Crippen LogP contribution in [0.5, 0.6) is 0 Å². The van der Waals surface area contributed by atoms with Gasteiger partial charge in [-0.25, -0.2) is 0 Å². The van der Waals surface area contributed by atoms with Gasteiger partial charge in [0.1, 0.15) is 0 Å². The molecule has 0 heterocycles. The van der Waals surface area contributed by atoms with Crippen LogP contribution in [0.15, 0.2) is 42.5 Å². The summed E-state index contributed by atoms with van der Waals surface area (Å²) in [5, 5.41) is 3.04. The predicted molar refractivity (Wildman–Crippen MR) is 91.0 cm³/mol. The quantitative estimate of drug-likeness (QED) is 0.787. The molecule has 1 amide bonds. The highest BCUT2D eigenvalue weighted by Crippen LogP contribution is 2.17. The fourth-order valence-electron chi connectivity index (χ4n) is 2.00. The van der Waals surface area contributed by atoms with E-state index in [1.807, 2.05) is 31.2 Å². The second-order valence-electron chi connectivity index (χ2n) is 5.05. The maximum absolute atomic E-state index is 12.2. The van der Waals surface area contributed by atoms with Crippen LogP contribution >= 0.6 is 22.6 Å². The molecule has 1 atom stereocenters. The van der Waals surface area contributed by atoms with E-state index in [9.17, 15) is 4.79 Å². The Hall–Kier alpha value is -1.36. The highest BCUT2D eigenvalue weighted by atomic mass is 127.